The van der Waals surface area contributed by atoms with Gasteiger partial charge in [0.2, 0.25) is 0 Å². The molecule has 164 valence electrons. The van der Waals surface area contributed by atoms with Gasteiger partial charge in [0.25, 0.3) is 5.91 Å². The molecule has 2 unspecified atom stereocenters. The highest BCUT2D eigenvalue weighted by atomic mass is 79.9. The zero-order valence-electron chi connectivity index (χ0n) is 17.5. The van der Waals surface area contributed by atoms with Crippen molar-refractivity contribution in [1.82, 2.24) is 14.9 Å². The number of amides is 1. The maximum atomic E-state index is 13.0. The summed E-state index contributed by atoms with van der Waals surface area (Å²) in [5.41, 5.74) is 3.46. The first-order valence-corrected chi connectivity index (χ1v) is 12.5. The maximum absolute atomic E-state index is 13.0. The van der Waals surface area contributed by atoms with Crippen LogP contribution >= 0.6 is 27.3 Å². The van der Waals surface area contributed by atoms with Crippen LogP contribution in [0, 0.1) is 0 Å². The molecule has 0 radical (unpaired) electrons. The van der Waals surface area contributed by atoms with E-state index in [4.69, 9.17) is 4.74 Å². The lowest BCUT2D eigenvalue weighted by molar-refractivity contribution is -0.0292. The zero-order valence-corrected chi connectivity index (χ0v) is 19.9. The molecular weight excluding hydrogens is 486 g/mol. The summed E-state index contributed by atoms with van der Waals surface area (Å²) in [4.78, 5) is 17.7. The summed E-state index contributed by atoms with van der Waals surface area (Å²) >= 11 is 4.68. The quantitative estimate of drug-likeness (QED) is 0.333. The standard InChI is InChI=1S/C25H24BrN3O2S/c26-25-27-15-22(32-25)24(30)28-20(17-8-2-1-3-9-17)14-18-16-29(23-12-6-7-13-31-23)21-11-5-4-10-19(18)21/h1-5,8-11,15-16,20,23H,6-7,12-14H2,(H,28,30). The smallest absolute Gasteiger partial charge is 0.263 e. The highest BCUT2D eigenvalue weighted by Gasteiger charge is 2.23. The van der Waals surface area contributed by atoms with Crippen molar-refractivity contribution in [3.05, 3.63) is 86.9 Å². The molecule has 2 aromatic heterocycles. The number of ether oxygens (including phenoxy) is 1. The Morgan fingerprint density at radius 2 is 2.00 bits per heavy atom. The molecule has 3 heterocycles. The van der Waals surface area contributed by atoms with Crippen molar-refractivity contribution in [2.24, 2.45) is 0 Å². The van der Waals surface area contributed by atoms with Gasteiger partial charge in [-0.3, -0.25) is 4.79 Å². The molecule has 1 amide bonds. The van der Waals surface area contributed by atoms with Gasteiger partial charge in [-0.1, -0.05) is 48.5 Å². The minimum Gasteiger partial charge on any atom is -0.358 e. The largest absolute Gasteiger partial charge is 0.358 e. The molecule has 0 aliphatic carbocycles. The van der Waals surface area contributed by atoms with Gasteiger partial charge < -0.3 is 14.6 Å². The van der Waals surface area contributed by atoms with Gasteiger partial charge in [0, 0.05) is 18.2 Å². The third-order valence-electron chi connectivity index (χ3n) is 5.92. The van der Waals surface area contributed by atoms with E-state index in [9.17, 15) is 4.79 Å². The normalized spacial score (nSPS) is 17.3. The van der Waals surface area contributed by atoms with E-state index in [1.807, 2.05) is 18.2 Å². The van der Waals surface area contributed by atoms with Crippen LogP contribution in [-0.2, 0) is 11.2 Å². The van der Waals surface area contributed by atoms with E-state index in [1.54, 1.807) is 6.20 Å². The Balaban J connectivity index is 1.48. The van der Waals surface area contributed by atoms with E-state index in [0.29, 0.717) is 15.2 Å². The number of thiazole rings is 1. The molecule has 1 fully saturated rings. The predicted molar refractivity (Wildman–Crippen MR) is 131 cm³/mol. The lowest BCUT2D eigenvalue weighted by atomic mass is 9.98. The molecule has 2 aromatic carbocycles. The molecule has 4 aromatic rings. The van der Waals surface area contributed by atoms with Crippen molar-refractivity contribution < 1.29 is 9.53 Å². The molecule has 32 heavy (non-hydrogen) atoms. The molecule has 5 nitrogen and oxygen atoms in total. The average Bonchev–Trinajstić information content (AvgIpc) is 3.44. The molecule has 0 bridgehead atoms. The number of carbonyl (C=O) groups excluding carboxylic acids is 1. The Morgan fingerprint density at radius 3 is 2.75 bits per heavy atom. The van der Waals surface area contributed by atoms with E-state index >= 15 is 0 Å². The van der Waals surface area contributed by atoms with Gasteiger partial charge in [-0.2, -0.15) is 0 Å². The number of rotatable bonds is 6. The molecule has 1 saturated heterocycles. The summed E-state index contributed by atoms with van der Waals surface area (Å²) in [6.07, 6.45) is 7.91. The van der Waals surface area contributed by atoms with Crippen molar-refractivity contribution in [1.29, 1.82) is 0 Å². The Hall–Kier alpha value is -2.48. The topological polar surface area (TPSA) is 56.2 Å². The second-order valence-electron chi connectivity index (χ2n) is 8.02. The highest BCUT2D eigenvalue weighted by molar-refractivity contribution is 9.11. The Morgan fingerprint density at radius 1 is 1.19 bits per heavy atom. The lowest BCUT2D eigenvalue weighted by Crippen LogP contribution is -2.29. The number of fused-ring (bicyclic) bond motifs is 1. The summed E-state index contributed by atoms with van der Waals surface area (Å²) in [6, 6.07) is 18.5. The van der Waals surface area contributed by atoms with Crippen LogP contribution < -0.4 is 5.32 Å². The van der Waals surface area contributed by atoms with Gasteiger partial charge in [-0.05, 0) is 58.8 Å². The molecule has 1 aliphatic rings. The minimum absolute atomic E-state index is 0.0710. The summed E-state index contributed by atoms with van der Waals surface area (Å²) < 4.78 is 9.06. The summed E-state index contributed by atoms with van der Waals surface area (Å²) in [5, 5.41) is 4.44. The number of para-hydroxylation sites is 1. The van der Waals surface area contributed by atoms with Crippen LogP contribution in [0.2, 0.25) is 0 Å². The molecule has 5 rings (SSSR count). The number of nitrogens with one attached hydrogen (secondary N) is 1. The first kappa shape index (κ1) is 21.4. The molecule has 1 N–H and O–H groups in total. The van der Waals surface area contributed by atoms with E-state index in [0.717, 1.165) is 25.0 Å². The summed E-state index contributed by atoms with van der Waals surface area (Å²) in [5.74, 6) is -0.110. The fourth-order valence-electron chi connectivity index (χ4n) is 4.37. The van der Waals surface area contributed by atoms with E-state index < -0.39 is 0 Å². The van der Waals surface area contributed by atoms with Crippen LogP contribution in [-0.4, -0.2) is 22.1 Å². The SMILES string of the molecule is O=C(NC(Cc1cn(C2CCCCO2)c2ccccc12)c1ccccc1)c1cnc(Br)s1. The number of nitrogens with zero attached hydrogens (tertiary/aromatic N) is 2. The van der Waals surface area contributed by atoms with Gasteiger partial charge in [0.1, 0.15) is 11.1 Å². The van der Waals surface area contributed by atoms with Crippen LogP contribution in [0.25, 0.3) is 10.9 Å². The van der Waals surface area contributed by atoms with Crippen molar-refractivity contribution in [3.8, 4) is 0 Å². The number of halogens is 1. The first-order chi connectivity index (χ1) is 15.7. The molecule has 7 heteroatoms. The van der Waals surface area contributed by atoms with Crippen molar-refractivity contribution in [2.75, 3.05) is 6.61 Å². The number of hydrogen-bond acceptors (Lipinski definition) is 4. The summed E-state index contributed by atoms with van der Waals surface area (Å²) in [7, 11) is 0. The predicted octanol–water partition coefficient (Wildman–Crippen LogP) is 6.27. The second kappa shape index (κ2) is 9.57. The fourth-order valence-corrected chi connectivity index (χ4v) is 5.54. The van der Waals surface area contributed by atoms with Crippen LogP contribution in [0.5, 0.6) is 0 Å². The van der Waals surface area contributed by atoms with E-state index in [-0.39, 0.29) is 18.2 Å². The summed E-state index contributed by atoms with van der Waals surface area (Å²) in [6.45, 7) is 0.805. The minimum atomic E-state index is -0.156. The van der Waals surface area contributed by atoms with Crippen molar-refractivity contribution in [3.63, 3.8) is 0 Å². The Labute approximate surface area is 199 Å². The highest BCUT2D eigenvalue weighted by Crippen LogP contribution is 2.32. The third-order valence-corrected chi connectivity index (χ3v) is 7.40. The van der Waals surface area contributed by atoms with Gasteiger partial charge in [0.05, 0.1) is 17.8 Å². The van der Waals surface area contributed by atoms with Crippen LogP contribution in [0.1, 0.15) is 52.3 Å². The van der Waals surface area contributed by atoms with Gasteiger partial charge >= 0.3 is 0 Å². The van der Waals surface area contributed by atoms with Gasteiger partial charge in [-0.15, -0.1) is 11.3 Å². The number of benzene rings is 2. The Kier molecular flexibility index (Phi) is 6.39. The van der Waals surface area contributed by atoms with Crippen LogP contribution in [0.4, 0.5) is 0 Å². The third kappa shape index (κ3) is 4.51. The molecule has 0 saturated carbocycles. The molecular formula is C25H24BrN3O2S. The average molecular weight is 510 g/mol. The van der Waals surface area contributed by atoms with Crippen molar-refractivity contribution >= 4 is 44.1 Å². The monoisotopic (exact) mass is 509 g/mol. The Bertz CT molecular complexity index is 1210. The first-order valence-electron chi connectivity index (χ1n) is 10.9. The van der Waals surface area contributed by atoms with Gasteiger partial charge in [0.15, 0.2) is 3.92 Å². The number of hydrogen-bond donors (Lipinski definition) is 1. The maximum Gasteiger partial charge on any atom is 0.263 e. The zero-order chi connectivity index (χ0) is 21.9. The van der Waals surface area contributed by atoms with Gasteiger partial charge in [-0.25, -0.2) is 4.98 Å². The second-order valence-corrected chi connectivity index (χ2v) is 10.3. The van der Waals surface area contributed by atoms with Crippen LogP contribution in [0.15, 0.2) is 70.9 Å². The molecule has 2 atom stereocenters. The van der Waals surface area contributed by atoms with Crippen LogP contribution in [0.3, 0.4) is 0 Å². The van der Waals surface area contributed by atoms with Crippen molar-refractivity contribution in [2.45, 2.75) is 38.0 Å². The lowest BCUT2D eigenvalue weighted by Gasteiger charge is -2.24. The number of aromatic nitrogens is 2. The number of carbonyl (C=O) groups is 1. The molecule has 0 spiro atoms. The van der Waals surface area contributed by atoms with E-state index in [2.05, 4.69) is 73.4 Å². The fraction of sp³-hybridized carbons (Fsp3) is 0.280. The van der Waals surface area contributed by atoms with E-state index in [1.165, 1.54) is 34.2 Å². The molecule has 1 aliphatic heterocycles.